The third kappa shape index (κ3) is 2.69. The molecule has 1 spiro atoms. The summed E-state index contributed by atoms with van der Waals surface area (Å²) in [5.74, 6) is 0. The van der Waals surface area contributed by atoms with Crippen molar-refractivity contribution in [2.75, 3.05) is 0 Å². The number of rotatable bonds is 0. The van der Waals surface area contributed by atoms with Crippen LogP contribution in [0.15, 0.2) is 58.2 Å². The molecule has 0 saturated carbocycles. The van der Waals surface area contributed by atoms with Gasteiger partial charge < -0.3 is 0 Å². The Bertz CT molecular complexity index is 777. The predicted octanol–water partition coefficient (Wildman–Crippen LogP) is 9.10. The third-order valence-corrected chi connectivity index (χ3v) is 16.0. The van der Waals surface area contributed by atoms with Crippen molar-refractivity contribution in [3.8, 4) is 0 Å². The number of hydrogen-bond donors (Lipinski definition) is 0. The Morgan fingerprint density at radius 2 is 1.00 bits per heavy atom. The lowest BCUT2D eigenvalue weighted by Gasteiger charge is -2.29. The van der Waals surface area contributed by atoms with Gasteiger partial charge in [0.25, 0.3) is 0 Å². The summed E-state index contributed by atoms with van der Waals surface area (Å²) < 4.78 is 6.07. The van der Waals surface area contributed by atoms with Gasteiger partial charge in [-0.3, -0.25) is 0 Å². The fraction of sp³-hybridized carbons (Fsp3) is 0.294. The Morgan fingerprint density at radius 1 is 0.560 bits per heavy atom. The van der Waals surface area contributed by atoms with E-state index < -0.39 is 0 Å². The minimum Gasteiger partial charge on any atom is -0.0884 e. The normalized spacial score (nSPS) is 29.4. The van der Waals surface area contributed by atoms with Crippen LogP contribution >= 0.6 is 94.1 Å². The molecule has 2 aliphatic carbocycles. The number of hydrogen-bond acceptors (Lipinski definition) is 8. The molecule has 4 aliphatic heterocycles. The minimum absolute atomic E-state index is 0.355. The summed E-state index contributed by atoms with van der Waals surface area (Å²) in [6, 6.07) is 0. The topological polar surface area (TPSA) is 0 Å². The first kappa shape index (κ1) is 17.1. The molecule has 4 heterocycles. The van der Waals surface area contributed by atoms with Crippen molar-refractivity contribution in [1.82, 2.24) is 0 Å². The van der Waals surface area contributed by atoms with Gasteiger partial charge in [0.2, 0.25) is 0 Å². The Morgan fingerprint density at radius 3 is 1.44 bits per heavy atom. The Hall–Kier alpha value is 1.24. The van der Waals surface area contributed by atoms with Gasteiger partial charge in [0.05, 0.1) is 16.9 Å². The Kier molecular flexibility index (Phi) is 4.55. The molecule has 0 atom stereocenters. The summed E-state index contributed by atoms with van der Waals surface area (Å²) in [6.07, 6.45) is 5.25. The molecule has 0 saturated heterocycles. The van der Waals surface area contributed by atoms with Gasteiger partial charge >= 0.3 is 0 Å². The van der Waals surface area contributed by atoms with Crippen molar-refractivity contribution in [3.05, 3.63) is 58.2 Å². The van der Waals surface area contributed by atoms with Crippen molar-refractivity contribution in [2.45, 2.75) is 25.7 Å². The van der Waals surface area contributed by atoms with Crippen molar-refractivity contribution >= 4 is 94.1 Å². The lowest BCUT2D eigenvalue weighted by Crippen LogP contribution is -2.16. The maximum atomic E-state index is 2.22. The highest BCUT2D eigenvalue weighted by Crippen LogP contribution is 2.75. The SMILES string of the molecule is C1=CSC(=C2SC3=C(S2)C2(CC3)CCC3=C2SC(=C2SC=CS2)S3)S1. The fourth-order valence-corrected chi connectivity index (χ4v) is 14.4. The van der Waals surface area contributed by atoms with E-state index in [1.54, 1.807) is 28.1 Å². The fourth-order valence-electron chi connectivity index (χ4n) is 3.82. The average Bonchev–Trinajstić information content (AvgIpc) is 3.45. The molecule has 128 valence electrons. The van der Waals surface area contributed by atoms with Gasteiger partial charge in [-0.1, -0.05) is 94.1 Å². The molecular weight excluding hydrogens is 461 g/mol. The van der Waals surface area contributed by atoms with E-state index in [9.17, 15) is 0 Å². The summed E-state index contributed by atoms with van der Waals surface area (Å²) in [5.41, 5.74) is 0.355. The summed E-state index contributed by atoms with van der Waals surface area (Å²) >= 11 is 15.9. The van der Waals surface area contributed by atoms with Gasteiger partial charge in [-0.25, -0.2) is 0 Å². The molecule has 0 unspecified atom stereocenters. The van der Waals surface area contributed by atoms with Crippen LogP contribution in [0.1, 0.15) is 25.7 Å². The number of thioether (sulfide) groups is 8. The summed E-state index contributed by atoms with van der Waals surface area (Å²) in [6.45, 7) is 0. The van der Waals surface area contributed by atoms with Gasteiger partial charge in [0, 0.05) is 25.0 Å². The molecule has 25 heavy (non-hydrogen) atoms. The molecular formula is C17H12S8. The minimum atomic E-state index is 0.355. The van der Waals surface area contributed by atoms with Crippen LogP contribution < -0.4 is 0 Å². The molecule has 0 amide bonds. The van der Waals surface area contributed by atoms with Crippen LogP contribution in [0, 0.1) is 5.41 Å². The smallest absolute Gasteiger partial charge is 0.0700 e. The van der Waals surface area contributed by atoms with Crippen molar-refractivity contribution in [2.24, 2.45) is 5.41 Å². The first-order chi connectivity index (χ1) is 12.3. The van der Waals surface area contributed by atoms with Gasteiger partial charge in [-0.15, -0.1) is 0 Å². The standard InChI is InChI=1S/C17H12S8/c1-3-17(11-9(1)22-15(24-11)13-18-5-6-19-13)4-2-10-12(17)25-16(23-10)14-20-7-8-21-14/h5-8H,1-4H2. The molecule has 0 fully saturated rings. The monoisotopic (exact) mass is 472 g/mol. The van der Waals surface area contributed by atoms with Gasteiger partial charge in [-0.05, 0) is 47.3 Å². The highest BCUT2D eigenvalue weighted by atomic mass is 32.2. The maximum Gasteiger partial charge on any atom is 0.0700 e. The third-order valence-electron chi connectivity index (χ3n) is 4.90. The van der Waals surface area contributed by atoms with E-state index in [2.05, 4.69) is 68.7 Å². The molecule has 0 aromatic carbocycles. The lowest BCUT2D eigenvalue weighted by atomic mass is 9.87. The van der Waals surface area contributed by atoms with Gasteiger partial charge in [0.15, 0.2) is 0 Å². The maximum absolute atomic E-state index is 2.22. The average molecular weight is 473 g/mol. The summed E-state index contributed by atoms with van der Waals surface area (Å²) in [4.78, 5) is 6.77. The zero-order valence-corrected chi connectivity index (χ0v) is 19.4. The first-order valence-electron chi connectivity index (χ1n) is 7.97. The second-order valence-electron chi connectivity index (χ2n) is 6.16. The first-order valence-corrected chi connectivity index (χ1v) is 14.8. The van der Waals surface area contributed by atoms with Crippen LogP contribution in [0.5, 0.6) is 0 Å². The number of allylic oxidation sites excluding steroid dienone is 4. The summed E-state index contributed by atoms with van der Waals surface area (Å²) in [7, 11) is 0. The molecule has 0 N–H and O–H groups in total. The molecule has 0 radical (unpaired) electrons. The second-order valence-corrected chi connectivity index (χ2v) is 15.1. The van der Waals surface area contributed by atoms with Crippen LogP contribution in [-0.4, -0.2) is 0 Å². The molecule has 6 rings (SSSR count). The zero-order valence-electron chi connectivity index (χ0n) is 12.9. The van der Waals surface area contributed by atoms with Crippen molar-refractivity contribution < 1.29 is 0 Å². The molecule has 8 heteroatoms. The zero-order chi connectivity index (χ0) is 16.4. The Balaban J connectivity index is 1.32. The predicted molar refractivity (Wildman–Crippen MR) is 128 cm³/mol. The van der Waals surface area contributed by atoms with E-state index in [0.29, 0.717) is 5.41 Å². The van der Waals surface area contributed by atoms with Crippen LogP contribution in [0.3, 0.4) is 0 Å². The van der Waals surface area contributed by atoms with Crippen LogP contribution in [0.25, 0.3) is 0 Å². The van der Waals surface area contributed by atoms with Crippen molar-refractivity contribution in [3.63, 3.8) is 0 Å². The van der Waals surface area contributed by atoms with Gasteiger partial charge in [-0.2, -0.15) is 0 Å². The molecule has 0 aromatic heterocycles. The van der Waals surface area contributed by atoms with Crippen LogP contribution in [0.2, 0.25) is 0 Å². The van der Waals surface area contributed by atoms with E-state index in [1.807, 2.05) is 47.0 Å². The van der Waals surface area contributed by atoms with E-state index >= 15 is 0 Å². The van der Waals surface area contributed by atoms with Crippen LogP contribution in [-0.2, 0) is 0 Å². The van der Waals surface area contributed by atoms with E-state index in [0.717, 1.165) is 0 Å². The van der Waals surface area contributed by atoms with E-state index in [1.165, 1.54) is 34.2 Å². The quantitative estimate of drug-likeness (QED) is 0.338. The largest absolute Gasteiger partial charge is 0.0884 e. The highest BCUT2D eigenvalue weighted by molar-refractivity contribution is 8.34. The lowest BCUT2D eigenvalue weighted by molar-refractivity contribution is 0.458. The molecule has 6 aliphatic rings. The van der Waals surface area contributed by atoms with E-state index in [-0.39, 0.29) is 0 Å². The molecule has 0 bridgehead atoms. The highest BCUT2D eigenvalue weighted by Gasteiger charge is 2.53. The molecule has 0 nitrogen and oxygen atoms in total. The number of fused-ring (bicyclic) bond motifs is 2. The Labute approximate surface area is 181 Å². The second kappa shape index (κ2) is 6.65. The van der Waals surface area contributed by atoms with Gasteiger partial charge in [0.1, 0.15) is 0 Å². The van der Waals surface area contributed by atoms with Crippen LogP contribution in [0.4, 0.5) is 0 Å². The van der Waals surface area contributed by atoms with E-state index in [4.69, 9.17) is 0 Å². The van der Waals surface area contributed by atoms with Crippen molar-refractivity contribution in [1.29, 1.82) is 0 Å². The summed E-state index contributed by atoms with van der Waals surface area (Å²) in [5, 5.41) is 8.87. The molecule has 0 aromatic rings.